The van der Waals surface area contributed by atoms with E-state index in [0.29, 0.717) is 17.1 Å². The highest BCUT2D eigenvalue weighted by molar-refractivity contribution is 7.90. The van der Waals surface area contributed by atoms with E-state index in [1.165, 1.54) is 6.07 Å². The molecule has 2 aromatic heterocycles. The van der Waals surface area contributed by atoms with Crippen LogP contribution in [0.4, 0.5) is 0 Å². The Balaban J connectivity index is 1.28. The molecule has 3 aromatic carbocycles. The summed E-state index contributed by atoms with van der Waals surface area (Å²) in [7, 11) is -3.99. The summed E-state index contributed by atoms with van der Waals surface area (Å²) in [5, 5.41) is 3.78. The van der Waals surface area contributed by atoms with E-state index in [2.05, 4.69) is 30.9 Å². The zero-order chi connectivity index (χ0) is 27.8. The number of nitrogens with one attached hydrogen (secondary N) is 1. The van der Waals surface area contributed by atoms with Crippen LogP contribution in [0, 0.1) is 6.92 Å². The summed E-state index contributed by atoms with van der Waals surface area (Å²) in [4.78, 5) is 17.6. The van der Waals surface area contributed by atoms with Crippen LogP contribution in [0.3, 0.4) is 0 Å². The van der Waals surface area contributed by atoms with Crippen LogP contribution in [0.5, 0.6) is 5.75 Å². The van der Waals surface area contributed by atoms with E-state index in [1.807, 2.05) is 30.3 Å². The van der Waals surface area contributed by atoms with Gasteiger partial charge in [-0.05, 0) is 60.5 Å². The molecule has 39 heavy (non-hydrogen) atoms. The zero-order valence-electron chi connectivity index (χ0n) is 22.0. The number of amides is 1. The minimum Gasteiger partial charge on any atom is -0.489 e. The number of hydrogen-bond acceptors (Lipinski definition) is 7. The number of carbonyl (C=O) groups excluding carboxylic acids is 1. The van der Waals surface area contributed by atoms with E-state index in [9.17, 15) is 13.2 Å². The lowest BCUT2D eigenvalue weighted by molar-refractivity contribution is 0.0981. The number of ether oxygens (including phenoxy) is 1. The fourth-order valence-corrected chi connectivity index (χ4v) is 6.23. The molecule has 0 radical (unpaired) electrons. The number of aromatic nitrogens is 1. The zero-order valence-corrected chi connectivity index (χ0v) is 23.7. The van der Waals surface area contributed by atoms with Crippen molar-refractivity contribution in [3.8, 4) is 16.5 Å². The van der Waals surface area contributed by atoms with Crippen molar-refractivity contribution in [2.45, 2.75) is 44.6 Å². The van der Waals surface area contributed by atoms with E-state index >= 15 is 0 Å². The van der Waals surface area contributed by atoms with E-state index in [1.54, 1.807) is 54.7 Å². The quantitative estimate of drug-likeness (QED) is 0.234. The number of hydrogen-bond donors (Lipinski definition) is 1. The second-order valence-corrected chi connectivity index (χ2v) is 12.8. The number of carbonyl (C=O) groups is 1. The molecule has 0 aliphatic heterocycles. The number of thiazole rings is 1. The molecule has 0 aliphatic carbocycles. The lowest BCUT2D eigenvalue weighted by Crippen LogP contribution is -2.31. The molecule has 0 saturated carbocycles. The average molecular weight is 561 g/mol. The van der Waals surface area contributed by atoms with Gasteiger partial charge < -0.3 is 9.15 Å². The Morgan fingerprint density at radius 2 is 1.82 bits per heavy atom. The lowest BCUT2D eigenvalue weighted by atomic mass is 9.93. The van der Waals surface area contributed by atoms with Crippen LogP contribution in [0.1, 0.15) is 48.0 Å². The molecule has 5 rings (SSSR count). The van der Waals surface area contributed by atoms with Crippen molar-refractivity contribution < 1.29 is 22.4 Å². The molecule has 0 bridgehead atoms. The first-order valence-corrected chi connectivity index (χ1v) is 14.7. The van der Waals surface area contributed by atoms with Gasteiger partial charge in [-0.2, -0.15) is 0 Å². The Hall–Kier alpha value is -3.95. The predicted octanol–water partition coefficient (Wildman–Crippen LogP) is 6.86. The average Bonchev–Trinajstić information content (AvgIpc) is 3.55. The lowest BCUT2D eigenvalue weighted by Gasteiger charge is -2.13. The molecule has 5 aromatic rings. The van der Waals surface area contributed by atoms with Crippen LogP contribution in [-0.4, -0.2) is 19.3 Å². The highest BCUT2D eigenvalue weighted by Crippen LogP contribution is 2.34. The molecule has 2 heterocycles. The van der Waals surface area contributed by atoms with Crippen LogP contribution in [0.25, 0.3) is 21.7 Å². The van der Waals surface area contributed by atoms with E-state index in [4.69, 9.17) is 14.1 Å². The fourth-order valence-electron chi connectivity index (χ4n) is 4.01. The molecule has 7 nitrogen and oxygen atoms in total. The van der Waals surface area contributed by atoms with E-state index in [-0.39, 0.29) is 22.5 Å². The summed E-state index contributed by atoms with van der Waals surface area (Å²) < 4.78 is 39.6. The van der Waals surface area contributed by atoms with Gasteiger partial charge in [0, 0.05) is 21.7 Å². The topological polar surface area (TPSA) is 98.5 Å². The van der Waals surface area contributed by atoms with Gasteiger partial charge in [0.25, 0.3) is 15.9 Å². The van der Waals surface area contributed by atoms with Gasteiger partial charge in [0.05, 0.1) is 10.6 Å². The Morgan fingerprint density at radius 1 is 1.03 bits per heavy atom. The van der Waals surface area contributed by atoms with Crippen LogP contribution in [-0.2, 0) is 22.0 Å². The van der Waals surface area contributed by atoms with Crippen molar-refractivity contribution in [3.05, 3.63) is 101 Å². The van der Waals surface area contributed by atoms with Gasteiger partial charge in [-0.1, -0.05) is 51.1 Å². The standard InChI is InChI=1S/C30H28N2O5S2/c1-19-8-5-6-11-26(19)39(34,35)32-28(33)21-10-7-9-20(14-21)17-36-23-12-13-24-22(15-23)16-25(37-24)29-31-27(18-38-29)30(2,3)4/h5-16,18H,17H2,1-4H3,(H,32,33). The van der Waals surface area contributed by atoms with Crippen LogP contribution >= 0.6 is 11.3 Å². The second-order valence-electron chi connectivity index (χ2n) is 10.3. The van der Waals surface area contributed by atoms with Gasteiger partial charge >= 0.3 is 0 Å². The molecule has 0 unspecified atom stereocenters. The number of furan rings is 1. The predicted molar refractivity (Wildman–Crippen MR) is 153 cm³/mol. The second kappa shape index (κ2) is 10.3. The van der Waals surface area contributed by atoms with Crippen molar-refractivity contribution in [1.29, 1.82) is 0 Å². The summed E-state index contributed by atoms with van der Waals surface area (Å²) in [5.74, 6) is 0.646. The number of nitrogens with zero attached hydrogens (tertiary/aromatic N) is 1. The molecule has 0 fully saturated rings. The first-order valence-electron chi connectivity index (χ1n) is 12.3. The molecule has 0 atom stereocenters. The van der Waals surface area contributed by atoms with E-state index < -0.39 is 15.9 Å². The summed E-state index contributed by atoms with van der Waals surface area (Å²) in [5.41, 5.74) is 3.23. The Kier molecular flexibility index (Phi) is 7.05. The third kappa shape index (κ3) is 5.89. The van der Waals surface area contributed by atoms with Crippen LogP contribution in [0.15, 0.2) is 87.5 Å². The Labute approximate surface area is 231 Å². The van der Waals surface area contributed by atoms with Gasteiger partial charge in [0.1, 0.15) is 17.9 Å². The molecule has 0 aliphatic rings. The largest absolute Gasteiger partial charge is 0.489 e. The number of aryl methyl sites for hydroxylation is 1. The molecular formula is C30H28N2O5S2. The SMILES string of the molecule is Cc1ccccc1S(=O)(=O)NC(=O)c1cccc(COc2ccc3oc(-c4nc(C(C)(C)C)cs4)cc3c2)c1. The third-order valence-corrected chi connectivity index (χ3v) is 8.52. The first-order chi connectivity index (χ1) is 18.5. The van der Waals surface area contributed by atoms with Crippen molar-refractivity contribution in [2.75, 3.05) is 0 Å². The van der Waals surface area contributed by atoms with Gasteiger partial charge in [0.2, 0.25) is 0 Å². The van der Waals surface area contributed by atoms with Gasteiger partial charge in [0.15, 0.2) is 10.8 Å². The third-order valence-electron chi connectivity index (χ3n) is 6.18. The normalized spacial score (nSPS) is 12.0. The maximum atomic E-state index is 12.7. The minimum atomic E-state index is -3.99. The van der Waals surface area contributed by atoms with Gasteiger partial charge in [-0.15, -0.1) is 11.3 Å². The number of fused-ring (bicyclic) bond motifs is 1. The fraction of sp³-hybridized carbons (Fsp3) is 0.200. The Bertz CT molecular complexity index is 1780. The first kappa shape index (κ1) is 26.6. The van der Waals surface area contributed by atoms with Crippen molar-refractivity contribution in [2.24, 2.45) is 0 Å². The molecule has 9 heteroatoms. The molecule has 1 N–H and O–H groups in total. The van der Waals surface area contributed by atoms with Gasteiger partial charge in [-0.3, -0.25) is 4.79 Å². The molecule has 0 spiro atoms. The van der Waals surface area contributed by atoms with Gasteiger partial charge in [-0.25, -0.2) is 18.1 Å². The molecular weight excluding hydrogens is 532 g/mol. The number of benzene rings is 3. The minimum absolute atomic E-state index is 0.0328. The van der Waals surface area contributed by atoms with Crippen molar-refractivity contribution in [1.82, 2.24) is 9.71 Å². The van der Waals surface area contributed by atoms with Crippen molar-refractivity contribution in [3.63, 3.8) is 0 Å². The van der Waals surface area contributed by atoms with E-state index in [0.717, 1.165) is 27.2 Å². The summed E-state index contributed by atoms with van der Waals surface area (Å²) >= 11 is 1.56. The summed E-state index contributed by atoms with van der Waals surface area (Å²) in [6, 6.07) is 20.7. The monoisotopic (exact) mass is 560 g/mol. The summed E-state index contributed by atoms with van der Waals surface area (Å²) in [6.45, 7) is 8.26. The Morgan fingerprint density at radius 3 is 2.56 bits per heavy atom. The maximum absolute atomic E-state index is 12.7. The molecule has 200 valence electrons. The van der Waals surface area contributed by atoms with Crippen molar-refractivity contribution >= 4 is 38.2 Å². The maximum Gasteiger partial charge on any atom is 0.265 e. The molecule has 0 saturated heterocycles. The number of rotatable bonds is 7. The van der Waals surface area contributed by atoms with Crippen LogP contribution < -0.4 is 9.46 Å². The summed E-state index contributed by atoms with van der Waals surface area (Å²) in [6.07, 6.45) is 0. The highest BCUT2D eigenvalue weighted by Gasteiger charge is 2.21. The highest BCUT2D eigenvalue weighted by atomic mass is 32.2. The number of sulfonamides is 1. The molecule has 1 amide bonds. The van der Waals surface area contributed by atoms with Crippen LogP contribution in [0.2, 0.25) is 0 Å². The smallest absolute Gasteiger partial charge is 0.265 e.